The lowest BCUT2D eigenvalue weighted by atomic mass is 10.1. The van der Waals surface area contributed by atoms with Crippen molar-refractivity contribution in [2.45, 2.75) is 13.8 Å². The quantitative estimate of drug-likeness (QED) is 0.458. The monoisotopic (exact) mass is 286 g/mol. The molecule has 1 aromatic carbocycles. The highest BCUT2D eigenvalue weighted by Gasteiger charge is 2.16. The number of halogens is 1. The van der Waals surface area contributed by atoms with Gasteiger partial charge in [0.25, 0.3) is 0 Å². The number of hydrogen-bond donors (Lipinski definition) is 2. The van der Waals surface area contributed by atoms with Crippen LogP contribution in [0.1, 0.15) is 24.2 Å². The maximum absolute atomic E-state index is 11.9. The molecule has 6 heteroatoms. The summed E-state index contributed by atoms with van der Waals surface area (Å²) < 4.78 is 10.2. The van der Waals surface area contributed by atoms with Gasteiger partial charge in [0.05, 0.1) is 29.5 Å². The number of carbonyl (C=O) groups is 1. The van der Waals surface area contributed by atoms with Gasteiger partial charge in [-0.3, -0.25) is 0 Å². The average molecular weight is 287 g/mol. The van der Waals surface area contributed by atoms with Gasteiger partial charge in [-0.05, 0) is 26.0 Å². The topological polar surface area (TPSA) is 73.6 Å². The zero-order valence-corrected chi connectivity index (χ0v) is 11.9. The van der Waals surface area contributed by atoms with Crippen molar-refractivity contribution < 1.29 is 14.3 Å². The Balaban J connectivity index is 2.90. The van der Waals surface area contributed by atoms with Crippen LogP contribution in [-0.2, 0) is 9.47 Å². The highest BCUT2D eigenvalue weighted by Crippen LogP contribution is 2.29. The fraction of sp³-hybridized carbons (Fsp3) is 0.462. The SMILES string of the molecule is CCOCCNc1c(Cl)cc(N)cc1C(=O)OCC. The third-order valence-corrected chi connectivity index (χ3v) is 2.66. The van der Waals surface area contributed by atoms with Gasteiger partial charge >= 0.3 is 5.97 Å². The van der Waals surface area contributed by atoms with Gasteiger partial charge in [0.1, 0.15) is 0 Å². The molecule has 0 heterocycles. The summed E-state index contributed by atoms with van der Waals surface area (Å²) in [6.07, 6.45) is 0. The van der Waals surface area contributed by atoms with Crippen molar-refractivity contribution in [2.24, 2.45) is 0 Å². The molecule has 1 rings (SSSR count). The van der Waals surface area contributed by atoms with Crippen LogP contribution in [0.3, 0.4) is 0 Å². The number of nitrogens with two attached hydrogens (primary N) is 1. The molecule has 0 aromatic heterocycles. The molecule has 0 saturated heterocycles. The molecule has 0 aliphatic rings. The third-order valence-electron chi connectivity index (χ3n) is 2.36. The van der Waals surface area contributed by atoms with E-state index >= 15 is 0 Å². The van der Waals surface area contributed by atoms with Gasteiger partial charge in [0.15, 0.2) is 0 Å². The predicted octanol–water partition coefficient (Wildman–Crippen LogP) is 2.55. The highest BCUT2D eigenvalue weighted by atomic mass is 35.5. The van der Waals surface area contributed by atoms with Crippen LogP contribution in [0.2, 0.25) is 5.02 Å². The fourth-order valence-corrected chi connectivity index (χ4v) is 1.86. The number of nitrogens with one attached hydrogen (secondary N) is 1. The van der Waals surface area contributed by atoms with E-state index in [1.807, 2.05) is 6.92 Å². The Morgan fingerprint density at radius 2 is 2.11 bits per heavy atom. The third kappa shape index (κ3) is 4.61. The number of carbonyl (C=O) groups excluding carboxylic acids is 1. The second-order valence-corrected chi connectivity index (χ2v) is 4.18. The summed E-state index contributed by atoms with van der Waals surface area (Å²) in [5.74, 6) is -0.449. The van der Waals surface area contributed by atoms with E-state index in [1.165, 1.54) is 0 Å². The van der Waals surface area contributed by atoms with E-state index < -0.39 is 5.97 Å². The van der Waals surface area contributed by atoms with E-state index in [4.69, 9.17) is 26.8 Å². The summed E-state index contributed by atoms with van der Waals surface area (Å²) in [5.41, 5.74) is 6.97. The number of nitrogen functional groups attached to an aromatic ring is 1. The van der Waals surface area contributed by atoms with E-state index in [1.54, 1.807) is 19.1 Å². The molecule has 0 aliphatic heterocycles. The normalized spacial score (nSPS) is 10.3. The predicted molar refractivity (Wildman–Crippen MR) is 76.8 cm³/mol. The van der Waals surface area contributed by atoms with Crippen molar-refractivity contribution in [2.75, 3.05) is 37.4 Å². The Morgan fingerprint density at radius 1 is 1.37 bits per heavy atom. The Labute approximate surface area is 118 Å². The van der Waals surface area contributed by atoms with Gasteiger partial charge in [-0.1, -0.05) is 11.6 Å². The molecule has 106 valence electrons. The van der Waals surface area contributed by atoms with Crippen LogP contribution in [0.15, 0.2) is 12.1 Å². The molecule has 5 nitrogen and oxygen atoms in total. The molecule has 0 radical (unpaired) electrons. The Hall–Kier alpha value is -1.46. The Bertz CT molecular complexity index is 438. The van der Waals surface area contributed by atoms with Crippen LogP contribution in [0.25, 0.3) is 0 Å². The van der Waals surface area contributed by atoms with Crippen LogP contribution in [0.5, 0.6) is 0 Å². The smallest absolute Gasteiger partial charge is 0.340 e. The van der Waals surface area contributed by atoms with Crippen LogP contribution in [-0.4, -0.2) is 32.3 Å². The second kappa shape index (κ2) is 7.86. The maximum Gasteiger partial charge on any atom is 0.340 e. The molecule has 19 heavy (non-hydrogen) atoms. The van der Waals surface area contributed by atoms with E-state index in [0.29, 0.717) is 48.3 Å². The van der Waals surface area contributed by atoms with Crippen LogP contribution < -0.4 is 11.1 Å². The summed E-state index contributed by atoms with van der Waals surface area (Å²) in [5, 5.41) is 3.46. The summed E-state index contributed by atoms with van der Waals surface area (Å²) in [4.78, 5) is 11.9. The second-order valence-electron chi connectivity index (χ2n) is 3.77. The van der Waals surface area contributed by atoms with Gasteiger partial charge in [-0.25, -0.2) is 4.79 Å². The van der Waals surface area contributed by atoms with Gasteiger partial charge < -0.3 is 20.5 Å². The summed E-state index contributed by atoms with van der Waals surface area (Å²) in [6.45, 7) is 5.67. The number of anilines is 2. The molecular formula is C13H19ClN2O3. The van der Waals surface area contributed by atoms with Crippen molar-refractivity contribution in [1.29, 1.82) is 0 Å². The molecule has 0 aliphatic carbocycles. The zero-order valence-electron chi connectivity index (χ0n) is 11.2. The first-order valence-corrected chi connectivity index (χ1v) is 6.55. The summed E-state index contributed by atoms with van der Waals surface area (Å²) in [7, 11) is 0. The van der Waals surface area contributed by atoms with E-state index in [0.717, 1.165) is 0 Å². The van der Waals surface area contributed by atoms with Gasteiger partial charge in [0, 0.05) is 18.8 Å². The standard InChI is InChI=1S/C13H19ClN2O3/c1-3-18-6-5-16-12-10(13(17)19-4-2)7-9(15)8-11(12)14/h7-8,16H,3-6,15H2,1-2H3. The van der Waals surface area contributed by atoms with Crippen LogP contribution in [0, 0.1) is 0 Å². The van der Waals surface area contributed by atoms with E-state index in [2.05, 4.69) is 5.32 Å². The van der Waals surface area contributed by atoms with Crippen LogP contribution in [0.4, 0.5) is 11.4 Å². The molecule has 0 amide bonds. The highest BCUT2D eigenvalue weighted by molar-refractivity contribution is 6.34. The molecule has 0 bridgehead atoms. The van der Waals surface area contributed by atoms with E-state index in [9.17, 15) is 4.79 Å². The van der Waals surface area contributed by atoms with E-state index in [-0.39, 0.29) is 0 Å². The van der Waals surface area contributed by atoms with Gasteiger partial charge in [-0.15, -0.1) is 0 Å². The average Bonchev–Trinajstić information content (AvgIpc) is 2.36. The van der Waals surface area contributed by atoms with Crippen molar-refractivity contribution in [3.8, 4) is 0 Å². The Kier molecular flexibility index (Phi) is 6.45. The summed E-state index contributed by atoms with van der Waals surface area (Å²) in [6, 6.07) is 3.14. The largest absolute Gasteiger partial charge is 0.462 e. The molecule has 0 atom stereocenters. The minimum absolute atomic E-state index is 0.295. The molecule has 1 aromatic rings. The lowest BCUT2D eigenvalue weighted by Crippen LogP contribution is -2.14. The number of esters is 1. The number of hydrogen-bond acceptors (Lipinski definition) is 5. The first kappa shape index (κ1) is 15.6. The Morgan fingerprint density at radius 3 is 2.74 bits per heavy atom. The lowest BCUT2D eigenvalue weighted by molar-refractivity contribution is 0.0527. The van der Waals surface area contributed by atoms with Crippen molar-refractivity contribution in [3.05, 3.63) is 22.7 Å². The first-order chi connectivity index (χ1) is 9.10. The van der Waals surface area contributed by atoms with Crippen molar-refractivity contribution in [3.63, 3.8) is 0 Å². The molecule has 3 N–H and O–H groups in total. The maximum atomic E-state index is 11.9. The number of ether oxygens (including phenoxy) is 2. The fourth-order valence-electron chi connectivity index (χ4n) is 1.57. The minimum atomic E-state index is -0.449. The first-order valence-electron chi connectivity index (χ1n) is 6.17. The molecule has 0 unspecified atom stereocenters. The molecular weight excluding hydrogens is 268 g/mol. The number of rotatable bonds is 7. The van der Waals surface area contributed by atoms with Crippen molar-refractivity contribution >= 4 is 28.9 Å². The zero-order chi connectivity index (χ0) is 14.3. The van der Waals surface area contributed by atoms with Gasteiger partial charge in [-0.2, -0.15) is 0 Å². The molecule has 0 fully saturated rings. The van der Waals surface area contributed by atoms with Crippen LogP contribution >= 0.6 is 11.6 Å². The van der Waals surface area contributed by atoms with Gasteiger partial charge in [0.2, 0.25) is 0 Å². The lowest BCUT2D eigenvalue weighted by Gasteiger charge is -2.14. The summed E-state index contributed by atoms with van der Waals surface area (Å²) >= 11 is 6.10. The molecule has 0 spiro atoms. The molecule has 0 saturated carbocycles. The van der Waals surface area contributed by atoms with Crippen molar-refractivity contribution in [1.82, 2.24) is 0 Å². The number of benzene rings is 1. The minimum Gasteiger partial charge on any atom is -0.462 e.